The predicted molar refractivity (Wildman–Crippen MR) is 108 cm³/mol. The number of aryl methyl sites for hydroxylation is 1. The molecule has 4 rings (SSSR count). The van der Waals surface area contributed by atoms with Gasteiger partial charge in [0.1, 0.15) is 11.3 Å². The van der Waals surface area contributed by atoms with Crippen LogP contribution >= 0.6 is 11.6 Å². The van der Waals surface area contributed by atoms with Gasteiger partial charge in [0.2, 0.25) is 0 Å². The fourth-order valence-corrected chi connectivity index (χ4v) is 3.28. The molecule has 134 valence electrons. The Hall–Kier alpha value is -3.11. The van der Waals surface area contributed by atoms with Crippen LogP contribution in [0.5, 0.6) is 0 Å². The van der Waals surface area contributed by atoms with Crippen molar-refractivity contribution in [1.29, 1.82) is 0 Å². The number of amides is 1. The summed E-state index contributed by atoms with van der Waals surface area (Å²) in [5.41, 5.74) is 5.24. The molecule has 0 unspecified atom stereocenters. The molecule has 27 heavy (non-hydrogen) atoms. The van der Waals surface area contributed by atoms with Crippen molar-refractivity contribution in [2.45, 2.75) is 13.5 Å². The summed E-state index contributed by atoms with van der Waals surface area (Å²) in [5.74, 6) is -0.158. The maximum absolute atomic E-state index is 12.7. The van der Waals surface area contributed by atoms with Crippen molar-refractivity contribution in [2.75, 3.05) is 0 Å². The topological polar surface area (TPSA) is 46.4 Å². The lowest BCUT2D eigenvalue weighted by molar-refractivity contribution is 0.0944. The molecule has 4 aromatic rings. The van der Waals surface area contributed by atoms with E-state index in [1.165, 1.54) is 5.56 Å². The molecular weight excluding hydrogens is 358 g/mol. The zero-order chi connectivity index (χ0) is 18.8. The largest absolute Gasteiger partial charge is 0.347 e. The minimum Gasteiger partial charge on any atom is -0.347 e. The van der Waals surface area contributed by atoms with Crippen molar-refractivity contribution in [1.82, 2.24) is 14.7 Å². The van der Waals surface area contributed by atoms with Gasteiger partial charge in [-0.25, -0.2) is 4.98 Å². The molecular formula is C22H18ClN3O. The number of halogens is 1. The summed E-state index contributed by atoms with van der Waals surface area (Å²) in [6.45, 7) is 2.28. The Morgan fingerprint density at radius 2 is 1.74 bits per heavy atom. The molecule has 0 atom stereocenters. The normalized spacial score (nSPS) is 10.9. The first-order valence-electron chi connectivity index (χ1n) is 8.68. The number of hydrogen-bond donors (Lipinski definition) is 1. The first kappa shape index (κ1) is 17.3. The van der Waals surface area contributed by atoms with E-state index >= 15 is 0 Å². The smallest absolute Gasteiger partial charge is 0.270 e. The third kappa shape index (κ3) is 3.57. The number of carbonyl (C=O) groups excluding carboxylic acids is 1. The number of nitrogens with one attached hydrogen (secondary N) is 1. The third-order valence-electron chi connectivity index (χ3n) is 4.49. The van der Waals surface area contributed by atoms with Gasteiger partial charge in [-0.2, -0.15) is 0 Å². The molecule has 0 aliphatic carbocycles. The second-order valence-corrected chi connectivity index (χ2v) is 6.80. The Kier molecular flexibility index (Phi) is 4.65. The number of benzene rings is 2. The maximum Gasteiger partial charge on any atom is 0.270 e. The van der Waals surface area contributed by atoms with Gasteiger partial charge in [0.15, 0.2) is 0 Å². The molecule has 0 aliphatic rings. The van der Waals surface area contributed by atoms with Crippen LogP contribution in [-0.4, -0.2) is 15.3 Å². The van der Waals surface area contributed by atoms with Crippen LogP contribution in [-0.2, 0) is 6.54 Å². The van der Waals surface area contributed by atoms with Gasteiger partial charge in [0.05, 0.1) is 5.69 Å². The molecule has 0 radical (unpaired) electrons. The SMILES string of the molecule is Cc1nc2cc(Cl)ccn2c1C(=O)NCc1ccc(-c2ccccc2)cc1. The summed E-state index contributed by atoms with van der Waals surface area (Å²) in [7, 11) is 0. The van der Waals surface area contributed by atoms with Crippen LogP contribution in [0.15, 0.2) is 72.9 Å². The Morgan fingerprint density at radius 1 is 1.04 bits per heavy atom. The number of carbonyl (C=O) groups is 1. The molecule has 1 N–H and O–H groups in total. The minimum atomic E-state index is -0.158. The van der Waals surface area contributed by atoms with E-state index in [1.54, 1.807) is 22.7 Å². The number of hydrogen-bond acceptors (Lipinski definition) is 2. The molecule has 0 saturated carbocycles. The molecule has 0 aliphatic heterocycles. The quantitative estimate of drug-likeness (QED) is 0.551. The molecule has 0 spiro atoms. The Bertz CT molecular complexity index is 1100. The van der Waals surface area contributed by atoms with Crippen LogP contribution < -0.4 is 5.32 Å². The van der Waals surface area contributed by atoms with Crippen LogP contribution in [0.25, 0.3) is 16.8 Å². The van der Waals surface area contributed by atoms with Crippen LogP contribution in [0, 0.1) is 6.92 Å². The Labute approximate surface area is 162 Å². The van der Waals surface area contributed by atoms with Crippen molar-refractivity contribution < 1.29 is 4.79 Å². The highest BCUT2D eigenvalue weighted by atomic mass is 35.5. The first-order valence-corrected chi connectivity index (χ1v) is 9.06. The maximum atomic E-state index is 12.7. The molecule has 2 heterocycles. The second-order valence-electron chi connectivity index (χ2n) is 6.36. The lowest BCUT2D eigenvalue weighted by atomic mass is 10.0. The van der Waals surface area contributed by atoms with Gasteiger partial charge >= 0.3 is 0 Å². The van der Waals surface area contributed by atoms with Crippen molar-refractivity contribution >= 4 is 23.2 Å². The van der Waals surface area contributed by atoms with E-state index in [2.05, 4.69) is 34.6 Å². The number of imidazole rings is 1. The molecule has 0 fully saturated rings. The number of pyridine rings is 1. The van der Waals surface area contributed by atoms with E-state index in [0.717, 1.165) is 11.1 Å². The van der Waals surface area contributed by atoms with Gasteiger partial charge in [0, 0.05) is 23.8 Å². The van der Waals surface area contributed by atoms with Crippen molar-refractivity contribution in [3.63, 3.8) is 0 Å². The Morgan fingerprint density at radius 3 is 2.48 bits per heavy atom. The van der Waals surface area contributed by atoms with Crippen molar-refractivity contribution in [3.8, 4) is 11.1 Å². The number of aromatic nitrogens is 2. The second kappa shape index (κ2) is 7.25. The molecule has 4 nitrogen and oxygen atoms in total. The zero-order valence-corrected chi connectivity index (χ0v) is 15.6. The summed E-state index contributed by atoms with van der Waals surface area (Å²) in [4.78, 5) is 17.1. The summed E-state index contributed by atoms with van der Waals surface area (Å²) < 4.78 is 1.76. The molecule has 0 bridgehead atoms. The summed E-state index contributed by atoms with van der Waals surface area (Å²) in [6, 6.07) is 21.9. The van der Waals surface area contributed by atoms with Gasteiger partial charge in [-0.15, -0.1) is 0 Å². The summed E-state index contributed by atoms with van der Waals surface area (Å²) in [5, 5.41) is 3.57. The molecule has 2 aromatic carbocycles. The monoisotopic (exact) mass is 375 g/mol. The molecule has 1 amide bonds. The summed E-state index contributed by atoms with van der Waals surface area (Å²) >= 11 is 6.00. The highest BCUT2D eigenvalue weighted by molar-refractivity contribution is 6.30. The third-order valence-corrected chi connectivity index (χ3v) is 4.73. The lowest BCUT2D eigenvalue weighted by Gasteiger charge is -2.08. The van der Waals surface area contributed by atoms with Crippen LogP contribution in [0.1, 0.15) is 21.7 Å². The highest BCUT2D eigenvalue weighted by Crippen LogP contribution is 2.20. The van der Waals surface area contributed by atoms with Crippen molar-refractivity contribution in [2.24, 2.45) is 0 Å². The Balaban J connectivity index is 1.49. The predicted octanol–water partition coefficient (Wildman–Crippen LogP) is 4.89. The van der Waals surface area contributed by atoms with Gasteiger partial charge in [0.25, 0.3) is 5.91 Å². The van der Waals surface area contributed by atoms with Crippen LogP contribution in [0.4, 0.5) is 0 Å². The van der Waals surface area contributed by atoms with Crippen LogP contribution in [0.3, 0.4) is 0 Å². The van der Waals surface area contributed by atoms with Crippen LogP contribution in [0.2, 0.25) is 5.02 Å². The molecule has 5 heteroatoms. The van der Waals surface area contributed by atoms with Gasteiger partial charge in [-0.1, -0.05) is 66.2 Å². The highest BCUT2D eigenvalue weighted by Gasteiger charge is 2.16. The van der Waals surface area contributed by atoms with Gasteiger partial charge in [-0.3, -0.25) is 9.20 Å². The average molecular weight is 376 g/mol. The fraction of sp³-hybridized carbons (Fsp3) is 0.0909. The number of nitrogens with zero attached hydrogens (tertiary/aromatic N) is 2. The van der Waals surface area contributed by atoms with E-state index in [4.69, 9.17) is 11.6 Å². The fourth-order valence-electron chi connectivity index (χ4n) is 3.12. The number of fused-ring (bicyclic) bond motifs is 1. The summed E-state index contributed by atoms with van der Waals surface area (Å²) in [6.07, 6.45) is 1.77. The van der Waals surface area contributed by atoms with Crippen molar-refractivity contribution in [3.05, 3.63) is 94.9 Å². The van der Waals surface area contributed by atoms with Gasteiger partial charge in [-0.05, 0) is 29.7 Å². The average Bonchev–Trinajstić information content (AvgIpc) is 3.02. The molecule has 0 saturated heterocycles. The minimum absolute atomic E-state index is 0.158. The van der Waals surface area contributed by atoms with E-state index in [1.807, 2.05) is 37.3 Å². The number of rotatable bonds is 4. The van der Waals surface area contributed by atoms with E-state index in [9.17, 15) is 4.79 Å². The van der Waals surface area contributed by atoms with E-state index < -0.39 is 0 Å². The first-order chi connectivity index (χ1) is 13.1. The van der Waals surface area contributed by atoms with E-state index in [0.29, 0.717) is 28.6 Å². The standard InChI is InChI=1S/C22H18ClN3O/c1-15-21(26-12-11-19(23)13-20(26)25-15)22(27)24-14-16-7-9-18(10-8-16)17-5-3-2-4-6-17/h2-13H,14H2,1H3,(H,24,27). The lowest BCUT2D eigenvalue weighted by Crippen LogP contribution is -2.24. The van der Waals surface area contributed by atoms with E-state index in [-0.39, 0.29) is 5.91 Å². The zero-order valence-electron chi connectivity index (χ0n) is 14.8. The molecule has 2 aromatic heterocycles. The van der Waals surface area contributed by atoms with Gasteiger partial charge < -0.3 is 5.32 Å².